The molecule has 1 fully saturated rings. The maximum Gasteiger partial charge on any atom is 0.227 e. The number of amides is 2. The van der Waals surface area contributed by atoms with Crippen LogP contribution in [0.2, 0.25) is 0 Å². The van der Waals surface area contributed by atoms with Crippen LogP contribution in [0.1, 0.15) is 24.8 Å². The number of rotatable bonds is 5. The topological polar surface area (TPSA) is 53.1 Å². The van der Waals surface area contributed by atoms with Gasteiger partial charge in [0.1, 0.15) is 5.75 Å². The molecule has 2 aliphatic rings. The largest absolute Gasteiger partial charge is 0.493 e. The molecule has 164 valence electrons. The first-order chi connectivity index (χ1) is 15.1. The van der Waals surface area contributed by atoms with Gasteiger partial charge in [0, 0.05) is 45.5 Å². The molecular weight excluding hydrogens is 390 g/mol. The highest BCUT2D eigenvalue weighted by atomic mass is 16.5. The zero-order chi connectivity index (χ0) is 21.6. The number of likely N-dealkylation sites (N-methyl/N-ethyl adjacent to an activating group) is 1. The zero-order valence-corrected chi connectivity index (χ0v) is 18.2. The van der Waals surface area contributed by atoms with Crippen LogP contribution in [-0.4, -0.2) is 61.4 Å². The Hall–Kier alpha value is -3.02. The summed E-state index contributed by atoms with van der Waals surface area (Å²) in [5.74, 6) is 0.884. The number of piperidine rings is 1. The molecule has 0 aliphatic carbocycles. The van der Waals surface area contributed by atoms with E-state index in [1.54, 1.807) is 0 Å². The van der Waals surface area contributed by atoms with Crippen LogP contribution in [0, 0.1) is 5.92 Å². The van der Waals surface area contributed by atoms with E-state index in [9.17, 15) is 9.59 Å². The molecule has 0 aromatic heterocycles. The van der Waals surface area contributed by atoms with Crippen molar-refractivity contribution in [3.05, 3.63) is 60.2 Å². The quantitative estimate of drug-likeness (QED) is 0.744. The predicted octanol–water partition coefficient (Wildman–Crippen LogP) is 3.17. The van der Waals surface area contributed by atoms with Gasteiger partial charge in [-0.05, 0) is 36.6 Å². The average molecular weight is 422 g/mol. The van der Waals surface area contributed by atoms with Crippen molar-refractivity contribution in [2.24, 2.45) is 5.92 Å². The van der Waals surface area contributed by atoms with Crippen LogP contribution < -0.4 is 9.64 Å². The molecule has 31 heavy (non-hydrogen) atoms. The van der Waals surface area contributed by atoms with Gasteiger partial charge in [-0.15, -0.1) is 0 Å². The van der Waals surface area contributed by atoms with Crippen LogP contribution in [0.15, 0.2) is 54.6 Å². The van der Waals surface area contributed by atoms with E-state index in [4.69, 9.17) is 4.74 Å². The lowest BCUT2D eigenvalue weighted by Gasteiger charge is -2.35. The van der Waals surface area contributed by atoms with Gasteiger partial charge in [0.05, 0.1) is 18.9 Å². The molecular formula is C25H31N3O3. The number of nitrogens with zero attached hydrogens (tertiary/aromatic N) is 3. The maximum atomic E-state index is 13.3. The minimum Gasteiger partial charge on any atom is -0.493 e. The number of anilines is 1. The lowest BCUT2D eigenvalue weighted by molar-refractivity contribution is -0.141. The van der Waals surface area contributed by atoms with Gasteiger partial charge in [0.25, 0.3) is 0 Å². The fraction of sp³-hybridized carbons (Fsp3) is 0.440. The first-order valence-corrected chi connectivity index (χ1v) is 11.2. The fourth-order valence-corrected chi connectivity index (χ4v) is 4.48. The Bertz CT molecular complexity index is 902. The third-order valence-corrected chi connectivity index (χ3v) is 6.23. The van der Waals surface area contributed by atoms with Gasteiger partial charge in [-0.2, -0.15) is 0 Å². The monoisotopic (exact) mass is 421 g/mol. The molecule has 0 spiro atoms. The SMILES string of the molecule is CN1CCN(C(=O)C2CCCN(C(=O)CCOc3ccccc3)C2)Cc2ccccc21. The summed E-state index contributed by atoms with van der Waals surface area (Å²) >= 11 is 0. The van der Waals surface area contributed by atoms with E-state index in [1.165, 1.54) is 11.3 Å². The summed E-state index contributed by atoms with van der Waals surface area (Å²) in [7, 11) is 2.07. The number of hydrogen-bond donors (Lipinski definition) is 0. The number of carbonyl (C=O) groups excluding carboxylic acids is 2. The Balaban J connectivity index is 1.32. The predicted molar refractivity (Wildman–Crippen MR) is 121 cm³/mol. The number of benzene rings is 2. The first-order valence-electron chi connectivity index (χ1n) is 11.2. The number of fused-ring (bicyclic) bond motifs is 1. The van der Waals surface area contributed by atoms with Crippen molar-refractivity contribution >= 4 is 17.5 Å². The standard InChI is InChI=1S/C25H31N3O3/c1-26-15-16-28(18-20-8-5-6-12-23(20)26)25(30)21-9-7-14-27(19-21)24(29)13-17-31-22-10-3-2-4-11-22/h2-6,8,10-12,21H,7,9,13-19H2,1H3. The van der Waals surface area contributed by atoms with Crippen molar-refractivity contribution < 1.29 is 14.3 Å². The van der Waals surface area contributed by atoms with E-state index in [1.807, 2.05) is 52.3 Å². The van der Waals surface area contributed by atoms with E-state index in [0.29, 0.717) is 32.7 Å². The minimum atomic E-state index is -0.122. The molecule has 6 nitrogen and oxygen atoms in total. The number of likely N-dealkylation sites (tertiary alicyclic amines) is 1. The van der Waals surface area contributed by atoms with Gasteiger partial charge in [0.15, 0.2) is 0 Å². The van der Waals surface area contributed by atoms with Gasteiger partial charge in [-0.3, -0.25) is 9.59 Å². The third kappa shape index (κ3) is 5.19. The van der Waals surface area contributed by atoms with Crippen LogP contribution in [0.5, 0.6) is 5.75 Å². The molecule has 1 unspecified atom stereocenters. The lowest BCUT2D eigenvalue weighted by atomic mass is 9.96. The molecule has 0 radical (unpaired) electrons. The number of hydrogen-bond acceptors (Lipinski definition) is 4. The number of para-hydroxylation sites is 2. The Morgan fingerprint density at radius 2 is 1.74 bits per heavy atom. The van der Waals surface area contributed by atoms with Crippen molar-refractivity contribution in [2.75, 3.05) is 44.7 Å². The summed E-state index contributed by atoms with van der Waals surface area (Å²) in [6.07, 6.45) is 2.04. The third-order valence-electron chi connectivity index (χ3n) is 6.23. The highest BCUT2D eigenvalue weighted by molar-refractivity contribution is 5.82. The number of carbonyl (C=O) groups is 2. The van der Waals surface area contributed by atoms with Gasteiger partial charge in [0.2, 0.25) is 11.8 Å². The van der Waals surface area contributed by atoms with Crippen LogP contribution in [0.4, 0.5) is 5.69 Å². The normalized spacial score (nSPS) is 18.9. The molecule has 1 atom stereocenters. The Kier molecular flexibility index (Phi) is 6.75. The summed E-state index contributed by atoms with van der Waals surface area (Å²) in [5, 5.41) is 0. The van der Waals surface area contributed by atoms with Crippen LogP contribution in [-0.2, 0) is 16.1 Å². The molecule has 0 saturated carbocycles. The molecule has 1 saturated heterocycles. The molecule has 0 N–H and O–H groups in total. The van der Waals surface area contributed by atoms with E-state index in [0.717, 1.165) is 31.7 Å². The highest BCUT2D eigenvalue weighted by Gasteiger charge is 2.32. The molecule has 4 rings (SSSR count). The minimum absolute atomic E-state index is 0.0642. The van der Waals surface area contributed by atoms with Gasteiger partial charge < -0.3 is 19.4 Å². The molecule has 2 aromatic carbocycles. The summed E-state index contributed by atoms with van der Waals surface area (Å²) in [5.41, 5.74) is 2.37. The van der Waals surface area contributed by atoms with Crippen molar-refractivity contribution in [3.63, 3.8) is 0 Å². The first kappa shape index (κ1) is 21.2. The summed E-state index contributed by atoms with van der Waals surface area (Å²) < 4.78 is 5.67. The summed E-state index contributed by atoms with van der Waals surface area (Å²) in [6, 6.07) is 17.8. The maximum absolute atomic E-state index is 13.3. The smallest absolute Gasteiger partial charge is 0.227 e. The summed E-state index contributed by atoms with van der Waals surface area (Å²) in [6.45, 7) is 3.74. The molecule has 2 aliphatic heterocycles. The Morgan fingerprint density at radius 1 is 0.968 bits per heavy atom. The number of ether oxygens (including phenoxy) is 1. The summed E-state index contributed by atoms with van der Waals surface area (Å²) in [4.78, 5) is 32.1. The van der Waals surface area contributed by atoms with Gasteiger partial charge in [-0.25, -0.2) is 0 Å². The Labute approximate surface area is 184 Å². The second kappa shape index (κ2) is 9.86. The fourth-order valence-electron chi connectivity index (χ4n) is 4.48. The molecule has 6 heteroatoms. The highest BCUT2D eigenvalue weighted by Crippen LogP contribution is 2.26. The van der Waals surface area contributed by atoms with E-state index in [2.05, 4.69) is 24.1 Å². The lowest BCUT2D eigenvalue weighted by Crippen LogP contribution is -2.47. The van der Waals surface area contributed by atoms with E-state index >= 15 is 0 Å². The van der Waals surface area contributed by atoms with Gasteiger partial charge >= 0.3 is 0 Å². The molecule has 2 heterocycles. The van der Waals surface area contributed by atoms with Gasteiger partial charge in [-0.1, -0.05) is 36.4 Å². The molecule has 2 aromatic rings. The second-order valence-corrected chi connectivity index (χ2v) is 8.40. The Morgan fingerprint density at radius 3 is 2.58 bits per heavy atom. The second-order valence-electron chi connectivity index (χ2n) is 8.40. The van der Waals surface area contributed by atoms with Crippen LogP contribution >= 0.6 is 0 Å². The molecule has 2 amide bonds. The van der Waals surface area contributed by atoms with Crippen LogP contribution in [0.3, 0.4) is 0 Å². The van der Waals surface area contributed by atoms with E-state index < -0.39 is 0 Å². The zero-order valence-electron chi connectivity index (χ0n) is 18.2. The van der Waals surface area contributed by atoms with Crippen molar-refractivity contribution in [3.8, 4) is 5.75 Å². The molecule has 0 bridgehead atoms. The average Bonchev–Trinajstić information content (AvgIpc) is 2.98. The van der Waals surface area contributed by atoms with Crippen molar-refractivity contribution in [1.82, 2.24) is 9.80 Å². The van der Waals surface area contributed by atoms with E-state index in [-0.39, 0.29) is 17.7 Å². The van der Waals surface area contributed by atoms with Crippen LogP contribution in [0.25, 0.3) is 0 Å². The van der Waals surface area contributed by atoms with Crippen molar-refractivity contribution in [1.29, 1.82) is 0 Å². The van der Waals surface area contributed by atoms with Crippen molar-refractivity contribution in [2.45, 2.75) is 25.8 Å².